The lowest BCUT2D eigenvalue weighted by Gasteiger charge is -2.09. The van der Waals surface area contributed by atoms with Crippen LogP contribution in [0.2, 0.25) is 0 Å². The summed E-state index contributed by atoms with van der Waals surface area (Å²) in [5.41, 5.74) is 6.64. The Balaban J connectivity index is 2.45. The number of allylic oxidation sites excluding steroid dienone is 3. The molecule has 0 fully saturated rings. The number of nitrogens with zero attached hydrogens (tertiary/aromatic N) is 2. The summed E-state index contributed by atoms with van der Waals surface area (Å²) in [6.45, 7) is 14.3. The van der Waals surface area contributed by atoms with E-state index in [-0.39, 0.29) is 0 Å². The first-order chi connectivity index (χ1) is 12.0. The fourth-order valence-corrected chi connectivity index (χ4v) is 3.36. The van der Waals surface area contributed by atoms with Gasteiger partial charge in [0.15, 0.2) is 0 Å². The van der Waals surface area contributed by atoms with Crippen LogP contribution in [0.3, 0.4) is 0 Å². The minimum Gasteiger partial charge on any atom is -0.364 e. The summed E-state index contributed by atoms with van der Waals surface area (Å²) in [6, 6.07) is 0. The van der Waals surface area contributed by atoms with Gasteiger partial charge in [-0.2, -0.15) is 0 Å². The van der Waals surface area contributed by atoms with Crippen LogP contribution in [-0.2, 0) is 0 Å². The predicted octanol–water partition coefficient (Wildman–Crippen LogP) is 6.40. The molecule has 1 N–H and O–H groups in total. The lowest BCUT2D eigenvalue weighted by molar-refractivity contribution is 0.739. The Morgan fingerprint density at radius 1 is 1.44 bits per heavy atom. The van der Waals surface area contributed by atoms with E-state index in [2.05, 4.69) is 57.6 Å². The van der Waals surface area contributed by atoms with Gasteiger partial charge in [-0.05, 0) is 27.2 Å². The number of hydrogen-bond acceptors (Lipinski definition) is 3. The first-order valence-corrected chi connectivity index (χ1v) is 9.50. The van der Waals surface area contributed by atoms with Crippen LogP contribution in [0.25, 0.3) is 17.3 Å². The Kier molecular flexibility index (Phi) is 6.71. The van der Waals surface area contributed by atoms with Crippen LogP contribution in [0.1, 0.15) is 50.4 Å². The quantitative estimate of drug-likeness (QED) is 0.454. The van der Waals surface area contributed by atoms with Gasteiger partial charge in [-0.15, -0.1) is 11.3 Å². The van der Waals surface area contributed by atoms with E-state index in [1.54, 1.807) is 17.4 Å². The summed E-state index contributed by atoms with van der Waals surface area (Å²) in [4.78, 5) is 12.9. The van der Waals surface area contributed by atoms with E-state index in [1.165, 1.54) is 5.57 Å². The fourth-order valence-electron chi connectivity index (χ4n) is 2.43. The molecule has 25 heavy (non-hydrogen) atoms. The van der Waals surface area contributed by atoms with Crippen molar-refractivity contribution in [1.29, 1.82) is 0 Å². The topological polar surface area (TPSA) is 41.0 Å². The van der Waals surface area contributed by atoms with E-state index in [0.717, 1.165) is 39.7 Å². The molecule has 0 aliphatic carbocycles. The number of aromatic nitrogens is 2. The highest BCUT2D eigenvalue weighted by atomic mass is 32.1. The maximum atomic E-state index is 4.89. The average molecular weight is 354 g/mol. The van der Waals surface area contributed by atoms with Crippen molar-refractivity contribution in [1.82, 2.24) is 9.97 Å². The van der Waals surface area contributed by atoms with Crippen LogP contribution >= 0.6 is 11.3 Å². The maximum absolute atomic E-state index is 4.89. The van der Waals surface area contributed by atoms with Crippen LogP contribution in [-0.4, -0.2) is 15.7 Å². The molecular formula is C21H27N3S. The van der Waals surface area contributed by atoms with Crippen LogP contribution in [0.4, 0.5) is 0 Å². The largest absolute Gasteiger partial charge is 0.364 e. The molecule has 2 aromatic heterocycles. The number of H-pyrrole nitrogens is 1. The molecule has 3 nitrogen and oxygen atoms in total. The van der Waals surface area contributed by atoms with E-state index >= 15 is 0 Å². The van der Waals surface area contributed by atoms with E-state index in [9.17, 15) is 0 Å². The highest BCUT2D eigenvalue weighted by Gasteiger charge is 2.17. The van der Waals surface area contributed by atoms with Crippen molar-refractivity contribution < 1.29 is 0 Å². The normalized spacial score (nSPS) is 13.2. The average Bonchev–Trinajstić information content (AvgIpc) is 3.19. The van der Waals surface area contributed by atoms with Gasteiger partial charge in [0.1, 0.15) is 5.01 Å². The number of aromatic amines is 1. The molecule has 0 saturated carbocycles. The van der Waals surface area contributed by atoms with Gasteiger partial charge in [0.2, 0.25) is 0 Å². The molecule has 2 rings (SSSR count). The van der Waals surface area contributed by atoms with Crippen LogP contribution < -0.4 is 0 Å². The first kappa shape index (κ1) is 19.1. The molecule has 0 aliphatic rings. The summed E-state index contributed by atoms with van der Waals surface area (Å²) in [7, 11) is 0. The van der Waals surface area contributed by atoms with Gasteiger partial charge in [-0.25, -0.2) is 4.98 Å². The monoisotopic (exact) mass is 353 g/mol. The number of aliphatic imine (C=N–C) groups is 1. The highest BCUT2D eigenvalue weighted by molar-refractivity contribution is 7.12. The van der Waals surface area contributed by atoms with Crippen LogP contribution in [0.15, 0.2) is 47.1 Å². The van der Waals surface area contributed by atoms with Crippen molar-refractivity contribution in [3.63, 3.8) is 0 Å². The van der Waals surface area contributed by atoms with Crippen LogP contribution in [0, 0.1) is 12.8 Å². The number of rotatable bonds is 7. The summed E-state index contributed by atoms with van der Waals surface area (Å²) in [5.74, 6) is 0.377. The van der Waals surface area contributed by atoms with E-state index < -0.39 is 0 Å². The van der Waals surface area contributed by atoms with Gasteiger partial charge in [0.05, 0.1) is 11.4 Å². The SMILES string of the molecule is C=C/C=C\c1c(-c2csc(C(=NC=C(C)C)C(C)CC)n2)c[nH]c1C. The third-order valence-corrected chi connectivity index (χ3v) is 4.93. The second kappa shape index (κ2) is 8.77. The number of nitrogens with one attached hydrogen (secondary N) is 1. The summed E-state index contributed by atoms with van der Waals surface area (Å²) in [5, 5.41) is 3.11. The molecular weight excluding hydrogens is 326 g/mol. The van der Waals surface area contributed by atoms with Crippen molar-refractivity contribution in [3.8, 4) is 11.3 Å². The van der Waals surface area contributed by atoms with Gasteiger partial charge >= 0.3 is 0 Å². The molecule has 0 bridgehead atoms. The second-order valence-corrected chi connectivity index (χ2v) is 7.26. The molecule has 0 saturated heterocycles. The molecule has 0 aromatic carbocycles. The summed E-state index contributed by atoms with van der Waals surface area (Å²) >= 11 is 1.66. The summed E-state index contributed by atoms with van der Waals surface area (Å²) in [6.07, 6.45) is 10.8. The molecule has 0 spiro atoms. The molecule has 0 radical (unpaired) electrons. The van der Waals surface area contributed by atoms with Crippen molar-refractivity contribution >= 4 is 23.1 Å². The molecule has 1 unspecified atom stereocenters. The van der Waals surface area contributed by atoms with Gasteiger partial charge in [0.25, 0.3) is 0 Å². The maximum Gasteiger partial charge on any atom is 0.138 e. The fraction of sp³-hybridized carbons (Fsp3) is 0.333. The van der Waals surface area contributed by atoms with Crippen molar-refractivity contribution in [2.24, 2.45) is 10.9 Å². The van der Waals surface area contributed by atoms with Crippen molar-refractivity contribution in [2.75, 3.05) is 0 Å². The molecule has 2 heterocycles. The van der Waals surface area contributed by atoms with Gasteiger partial charge in [-0.1, -0.05) is 44.2 Å². The molecule has 0 amide bonds. The molecule has 2 aromatic rings. The Morgan fingerprint density at radius 3 is 2.84 bits per heavy atom. The van der Waals surface area contributed by atoms with Gasteiger partial charge in [-0.3, -0.25) is 4.99 Å². The smallest absolute Gasteiger partial charge is 0.138 e. The highest BCUT2D eigenvalue weighted by Crippen LogP contribution is 2.30. The Morgan fingerprint density at radius 2 is 2.20 bits per heavy atom. The van der Waals surface area contributed by atoms with Gasteiger partial charge < -0.3 is 4.98 Å². The number of thiazole rings is 1. The van der Waals surface area contributed by atoms with Crippen LogP contribution in [0.5, 0.6) is 0 Å². The molecule has 132 valence electrons. The molecule has 1 atom stereocenters. The number of aryl methyl sites for hydroxylation is 1. The predicted molar refractivity (Wildman–Crippen MR) is 111 cm³/mol. The van der Waals surface area contributed by atoms with Gasteiger partial charge in [0, 0.05) is 40.5 Å². The zero-order valence-electron chi connectivity index (χ0n) is 15.8. The second-order valence-electron chi connectivity index (χ2n) is 6.40. The van der Waals surface area contributed by atoms with E-state index in [0.29, 0.717) is 5.92 Å². The zero-order chi connectivity index (χ0) is 18.4. The minimum atomic E-state index is 0.377. The third-order valence-electron chi connectivity index (χ3n) is 4.07. The molecule has 0 aliphatic heterocycles. The third kappa shape index (κ3) is 4.67. The van der Waals surface area contributed by atoms with Crippen molar-refractivity contribution in [3.05, 3.63) is 58.3 Å². The first-order valence-electron chi connectivity index (χ1n) is 8.62. The summed E-state index contributed by atoms with van der Waals surface area (Å²) < 4.78 is 0. The Labute approximate surface area is 154 Å². The van der Waals surface area contributed by atoms with Crippen molar-refractivity contribution in [2.45, 2.75) is 41.0 Å². The van der Waals surface area contributed by atoms with E-state index in [4.69, 9.17) is 9.98 Å². The standard InChI is InChI=1S/C21H27N3S/c1-7-9-10-17-16(6)22-12-18(17)19-13-25-21(24-19)20(15(5)8-2)23-11-14(3)4/h7,9-13,15,22H,1,8H2,2-6H3/b10-9-,23-20?. The number of hydrogen-bond donors (Lipinski definition) is 1. The lowest BCUT2D eigenvalue weighted by Crippen LogP contribution is -2.11. The lowest BCUT2D eigenvalue weighted by atomic mass is 10.0. The zero-order valence-corrected chi connectivity index (χ0v) is 16.6. The van der Waals surface area contributed by atoms with E-state index in [1.807, 2.05) is 18.5 Å². The molecule has 4 heteroatoms. The Bertz CT molecular complexity index is 814. The Hall–Kier alpha value is -2.20. The minimum absolute atomic E-state index is 0.377.